The fourth-order valence-corrected chi connectivity index (χ4v) is 6.11. The van der Waals surface area contributed by atoms with Crippen molar-refractivity contribution in [2.45, 2.75) is 89.2 Å². The van der Waals surface area contributed by atoms with Crippen LogP contribution in [-0.4, -0.2) is 73.8 Å². The topological polar surface area (TPSA) is 137 Å². The zero-order chi connectivity index (χ0) is 26.5. The summed E-state index contributed by atoms with van der Waals surface area (Å²) in [5.74, 6) is 0.544. The first kappa shape index (κ1) is 28.8. The quantitative estimate of drug-likeness (QED) is 0.303. The van der Waals surface area contributed by atoms with Crippen LogP contribution in [0.5, 0.6) is 0 Å². The van der Waals surface area contributed by atoms with Crippen LogP contribution in [0.25, 0.3) is 0 Å². The predicted molar refractivity (Wildman–Crippen MR) is 134 cm³/mol. The third kappa shape index (κ3) is 7.62. The van der Waals surface area contributed by atoms with Crippen LogP contribution in [-0.2, 0) is 26.1 Å². The van der Waals surface area contributed by atoms with E-state index >= 15 is 0 Å². The van der Waals surface area contributed by atoms with Crippen LogP contribution in [0.2, 0.25) is 0 Å². The number of hydrazine groups is 1. The number of aliphatic hydroxyl groups excluding tert-OH is 2. The molecule has 3 rings (SSSR count). The Labute approximate surface area is 214 Å². The Bertz CT molecular complexity index is 976. The number of benzene rings is 1. The van der Waals surface area contributed by atoms with E-state index in [0.29, 0.717) is 30.9 Å². The Hall–Kier alpha value is -1.76. The molecule has 0 aromatic heterocycles. The normalized spacial score (nSPS) is 23.6. The van der Waals surface area contributed by atoms with E-state index in [9.17, 15) is 23.4 Å². The van der Waals surface area contributed by atoms with Crippen LogP contribution >= 0.6 is 0 Å². The Kier molecular flexibility index (Phi) is 10.1. The number of carbonyl (C=O) groups is 1. The lowest BCUT2D eigenvalue weighted by Gasteiger charge is -2.30. The van der Waals surface area contributed by atoms with Gasteiger partial charge in [0.15, 0.2) is 0 Å². The number of rotatable bonds is 12. The average Bonchev–Trinajstić information content (AvgIpc) is 3.38. The Morgan fingerprint density at radius 3 is 2.67 bits per heavy atom. The Morgan fingerprint density at radius 1 is 1.28 bits per heavy atom. The molecule has 0 radical (unpaired) electrons. The maximum absolute atomic E-state index is 13.1. The molecule has 36 heavy (non-hydrogen) atoms. The summed E-state index contributed by atoms with van der Waals surface area (Å²) < 4.78 is 37.4. The zero-order valence-corrected chi connectivity index (χ0v) is 22.5. The monoisotopic (exact) mass is 527 g/mol. The molecule has 1 saturated heterocycles. The summed E-state index contributed by atoms with van der Waals surface area (Å²) in [5, 5.41) is 24.6. The van der Waals surface area contributed by atoms with E-state index in [1.165, 1.54) is 17.1 Å². The zero-order valence-electron chi connectivity index (χ0n) is 21.6. The SMILES string of the molecule is CC[C@H](NC(=O)OC1CC2CCO[C@@H]2C1)[C@H](O)CN(CC(C)C)NS(=O)(=O)c1ccc(C)c(CO)c1. The van der Waals surface area contributed by atoms with Crippen molar-refractivity contribution in [1.82, 2.24) is 15.2 Å². The first-order valence-corrected chi connectivity index (χ1v) is 14.2. The number of amides is 1. The van der Waals surface area contributed by atoms with Crippen LogP contribution in [0.3, 0.4) is 0 Å². The van der Waals surface area contributed by atoms with Crippen LogP contribution in [0.1, 0.15) is 57.6 Å². The third-order valence-corrected chi connectivity index (χ3v) is 8.31. The van der Waals surface area contributed by atoms with E-state index in [1.54, 1.807) is 13.0 Å². The number of nitrogens with zero attached hydrogens (tertiary/aromatic N) is 1. The van der Waals surface area contributed by atoms with Gasteiger partial charge in [0.25, 0.3) is 10.0 Å². The number of hydrogen-bond acceptors (Lipinski definition) is 8. The molecule has 0 bridgehead atoms. The Balaban J connectivity index is 1.61. The fraction of sp³-hybridized carbons (Fsp3) is 0.720. The van der Waals surface area contributed by atoms with Gasteiger partial charge in [0.2, 0.25) is 0 Å². The summed E-state index contributed by atoms with van der Waals surface area (Å²) in [6.45, 7) is 8.33. The van der Waals surface area contributed by atoms with Crippen molar-refractivity contribution in [3.05, 3.63) is 29.3 Å². The number of aliphatic hydroxyl groups is 2. The van der Waals surface area contributed by atoms with Gasteiger partial charge in [0.05, 0.1) is 29.8 Å². The van der Waals surface area contributed by atoms with Crippen molar-refractivity contribution in [3.63, 3.8) is 0 Å². The number of carbonyl (C=O) groups excluding carboxylic acids is 1. The van der Waals surface area contributed by atoms with Gasteiger partial charge in [0.1, 0.15) is 6.10 Å². The maximum atomic E-state index is 13.1. The highest BCUT2D eigenvalue weighted by Gasteiger charge is 2.40. The number of nitrogens with one attached hydrogen (secondary N) is 2. The van der Waals surface area contributed by atoms with Crippen molar-refractivity contribution >= 4 is 16.1 Å². The van der Waals surface area contributed by atoms with E-state index < -0.39 is 28.3 Å². The molecule has 204 valence electrons. The van der Waals surface area contributed by atoms with Gasteiger partial charge in [0, 0.05) is 26.1 Å². The number of aryl methyl sites for hydroxylation is 1. The fourth-order valence-electron chi connectivity index (χ4n) is 4.97. The molecule has 10 nitrogen and oxygen atoms in total. The first-order valence-electron chi connectivity index (χ1n) is 12.8. The van der Waals surface area contributed by atoms with Gasteiger partial charge in [-0.3, -0.25) is 0 Å². The van der Waals surface area contributed by atoms with Gasteiger partial charge in [-0.25, -0.2) is 18.2 Å². The number of alkyl carbamates (subject to hydrolysis) is 1. The Morgan fingerprint density at radius 2 is 2.03 bits per heavy atom. The highest BCUT2D eigenvalue weighted by atomic mass is 32.2. The van der Waals surface area contributed by atoms with Crippen LogP contribution in [0, 0.1) is 18.8 Å². The lowest BCUT2D eigenvalue weighted by molar-refractivity contribution is 0.0450. The molecule has 2 fully saturated rings. The predicted octanol–water partition coefficient (Wildman–Crippen LogP) is 2.07. The summed E-state index contributed by atoms with van der Waals surface area (Å²) in [6, 6.07) is 3.95. The molecular weight excluding hydrogens is 486 g/mol. The van der Waals surface area contributed by atoms with Crippen molar-refractivity contribution < 1.29 is 32.9 Å². The van der Waals surface area contributed by atoms with Gasteiger partial charge in [-0.1, -0.05) is 26.8 Å². The number of fused-ring (bicyclic) bond motifs is 1. The van der Waals surface area contributed by atoms with Crippen molar-refractivity contribution in [2.24, 2.45) is 11.8 Å². The van der Waals surface area contributed by atoms with Gasteiger partial charge >= 0.3 is 6.09 Å². The summed E-state index contributed by atoms with van der Waals surface area (Å²) in [6.07, 6.45) is 1.26. The van der Waals surface area contributed by atoms with Crippen molar-refractivity contribution in [3.8, 4) is 0 Å². The molecule has 1 aromatic carbocycles. The largest absolute Gasteiger partial charge is 0.446 e. The molecule has 2 unspecified atom stereocenters. The number of sulfonamides is 1. The standard InChI is InChI=1S/C25H41N3O7S/c1-5-22(26-25(31)35-20-10-18-8-9-34-24(18)12-20)23(30)14-28(13-16(2)3)27-36(32,33)21-7-6-17(4)19(11-21)15-29/h6-7,11,16,18,20,22-24,27,29-30H,5,8-10,12-15H2,1-4H3,(H,26,31)/t18?,20?,22-,23+,24+/m0/s1. The first-order chi connectivity index (χ1) is 17.0. The highest BCUT2D eigenvalue weighted by molar-refractivity contribution is 7.89. The van der Waals surface area contributed by atoms with E-state index in [4.69, 9.17) is 9.47 Å². The summed E-state index contributed by atoms with van der Waals surface area (Å²) >= 11 is 0. The highest BCUT2D eigenvalue weighted by Crippen LogP contribution is 2.37. The molecular formula is C25H41N3O7S. The molecule has 1 aliphatic carbocycles. The van der Waals surface area contributed by atoms with Crippen molar-refractivity contribution in [1.29, 1.82) is 0 Å². The van der Waals surface area contributed by atoms with E-state index in [0.717, 1.165) is 25.0 Å². The molecule has 1 amide bonds. The van der Waals surface area contributed by atoms with Gasteiger partial charge in [-0.2, -0.15) is 0 Å². The lowest BCUT2D eigenvalue weighted by Crippen LogP contribution is -2.53. The molecule has 2 aliphatic rings. The molecule has 1 saturated carbocycles. The van der Waals surface area contributed by atoms with E-state index in [1.807, 2.05) is 20.8 Å². The van der Waals surface area contributed by atoms with E-state index in [-0.39, 0.29) is 36.2 Å². The number of ether oxygens (including phenoxy) is 2. The lowest BCUT2D eigenvalue weighted by atomic mass is 10.1. The van der Waals surface area contributed by atoms with Crippen molar-refractivity contribution in [2.75, 3.05) is 19.7 Å². The van der Waals surface area contributed by atoms with E-state index in [2.05, 4.69) is 10.1 Å². The van der Waals surface area contributed by atoms with Gasteiger partial charge < -0.3 is 25.0 Å². The second-order valence-corrected chi connectivity index (χ2v) is 12.0. The minimum atomic E-state index is -3.95. The average molecular weight is 528 g/mol. The van der Waals surface area contributed by atoms with Gasteiger partial charge in [-0.05, 0) is 61.3 Å². The molecule has 5 atom stereocenters. The smallest absolute Gasteiger partial charge is 0.407 e. The minimum absolute atomic E-state index is 0.0273. The van der Waals surface area contributed by atoms with Crippen LogP contribution in [0.4, 0.5) is 4.79 Å². The van der Waals surface area contributed by atoms with Gasteiger partial charge in [-0.15, -0.1) is 4.83 Å². The summed E-state index contributed by atoms with van der Waals surface area (Å²) in [4.78, 5) is 15.1. The molecule has 1 aromatic rings. The second-order valence-electron chi connectivity index (χ2n) is 10.3. The second kappa shape index (κ2) is 12.7. The molecule has 4 N–H and O–H groups in total. The molecule has 11 heteroatoms. The van der Waals surface area contributed by atoms with Crippen LogP contribution < -0.4 is 10.1 Å². The molecule has 1 aliphatic heterocycles. The summed E-state index contributed by atoms with van der Waals surface area (Å²) in [5.41, 5.74) is 1.32. The minimum Gasteiger partial charge on any atom is -0.446 e. The molecule has 1 heterocycles. The third-order valence-electron chi connectivity index (χ3n) is 6.93. The maximum Gasteiger partial charge on any atom is 0.407 e. The summed E-state index contributed by atoms with van der Waals surface area (Å²) in [7, 11) is -3.95. The molecule has 0 spiro atoms. The number of hydrogen-bond donors (Lipinski definition) is 4. The van der Waals surface area contributed by atoms with Crippen LogP contribution in [0.15, 0.2) is 23.1 Å².